The number of rotatable bonds is 2. The monoisotopic (exact) mass is 359 g/mol. The number of carbonyl (C=O) groups excluding carboxylic acids is 1. The fourth-order valence-corrected chi connectivity index (χ4v) is 1.88. The molecule has 1 aromatic carbocycles. The van der Waals surface area contributed by atoms with Crippen LogP contribution in [0.4, 0.5) is 29.3 Å². The number of amides is 2. The number of urea groups is 1. The van der Waals surface area contributed by atoms with E-state index in [9.17, 15) is 18.0 Å². The molecule has 4 nitrogen and oxygen atoms in total. The van der Waals surface area contributed by atoms with E-state index in [0.717, 1.165) is 12.1 Å². The average Bonchev–Trinajstić information content (AvgIpc) is 2.41. The van der Waals surface area contributed by atoms with Crippen molar-refractivity contribution in [3.8, 4) is 0 Å². The third-order valence-electron chi connectivity index (χ3n) is 2.47. The number of hydrogen-bond acceptors (Lipinski definition) is 2. The van der Waals surface area contributed by atoms with Crippen LogP contribution in [0.3, 0.4) is 0 Å². The number of benzene rings is 1. The quantitative estimate of drug-likeness (QED) is 0.828. The zero-order valence-corrected chi connectivity index (χ0v) is 12.0. The normalized spacial score (nSPS) is 11.0. The van der Waals surface area contributed by atoms with Gasteiger partial charge >= 0.3 is 12.2 Å². The fourth-order valence-electron chi connectivity index (χ4n) is 1.53. The van der Waals surface area contributed by atoms with Crippen molar-refractivity contribution in [1.29, 1.82) is 0 Å². The standard InChI is InChI=1S/C13H9BrF3N3O/c14-10-7-18-5-4-11(10)20-12(21)19-9-3-1-2-8(6-9)13(15,16)17/h1-7H,(H2,18,19,20,21). The molecule has 0 radical (unpaired) electrons. The van der Waals surface area contributed by atoms with E-state index in [4.69, 9.17) is 0 Å². The summed E-state index contributed by atoms with van der Waals surface area (Å²) in [4.78, 5) is 15.6. The van der Waals surface area contributed by atoms with Crippen LogP contribution < -0.4 is 10.6 Å². The van der Waals surface area contributed by atoms with Crippen LogP contribution in [0.1, 0.15) is 5.56 Å². The molecule has 0 fully saturated rings. The summed E-state index contributed by atoms with van der Waals surface area (Å²) in [6, 6.07) is 5.29. The minimum Gasteiger partial charge on any atom is -0.308 e. The first-order chi connectivity index (χ1) is 9.86. The molecule has 0 aliphatic carbocycles. The first-order valence-corrected chi connectivity index (χ1v) is 6.50. The SMILES string of the molecule is O=C(Nc1cccc(C(F)(F)F)c1)Nc1ccncc1Br. The summed E-state index contributed by atoms with van der Waals surface area (Å²) in [6.07, 6.45) is -1.49. The highest BCUT2D eigenvalue weighted by atomic mass is 79.9. The Bertz CT molecular complexity index is 661. The van der Waals surface area contributed by atoms with Crippen LogP contribution in [0.5, 0.6) is 0 Å². The van der Waals surface area contributed by atoms with E-state index in [0.29, 0.717) is 10.2 Å². The van der Waals surface area contributed by atoms with Gasteiger partial charge in [0, 0.05) is 18.1 Å². The highest BCUT2D eigenvalue weighted by Gasteiger charge is 2.30. The molecule has 1 heterocycles. The molecule has 2 amide bonds. The van der Waals surface area contributed by atoms with E-state index in [1.54, 1.807) is 6.07 Å². The van der Waals surface area contributed by atoms with Crippen molar-refractivity contribution in [2.45, 2.75) is 6.18 Å². The molecule has 2 aromatic rings. The second-order valence-electron chi connectivity index (χ2n) is 4.01. The lowest BCUT2D eigenvalue weighted by atomic mass is 10.2. The second-order valence-corrected chi connectivity index (χ2v) is 4.87. The van der Waals surface area contributed by atoms with Crippen molar-refractivity contribution in [2.75, 3.05) is 10.6 Å². The molecule has 0 aliphatic rings. The largest absolute Gasteiger partial charge is 0.416 e. The lowest BCUT2D eigenvalue weighted by Gasteiger charge is -2.11. The van der Waals surface area contributed by atoms with E-state index in [1.807, 2.05) is 0 Å². The predicted molar refractivity (Wildman–Crippen MR) is 76.0 cm³/mol. The van der Waals surface area contributed by atoms with E-state index in [2.05, 4.69) is 31.5 Å². The number of carbonyl (C=O) groups is 1. The van der Waals surface area contributed by atoms with Crippen molar-refractivity contribution >= 4 is 33.3 Å². The Morgan fingerprint density at radius 2 is 1.95 bits per heavy atom. The first-order valence-electron chi connectivity index (χ1n) is 5.71. The highest BCUT2D eigenvalue weighted by Crippen LogP contribution is 2.30. The van der Waals surface area contributed by atoms with Crippen molar-refractivity contribution in [1.82, 2.24) is 4.98 Å². The second kappa shape index (κ2) is 6.13. The Balaban J connectivity index is 2.08. The topological polar surface area (TPSA) is 54.0 Å². The maximum absolute atomic E-state index is 12.6. The van der Waals surface area contributed by atoms with Gasteiger partial charge in [-0.25, -0.2) is 4.79 Å². The number of aromatic nitrogens is 1. The van der Waals surface area contributed by atoms with Crippen molar-refractivity contribution < 1.29 is 18.0 Å². The Labute approximate surface area is 126 Å². The van der Waals surface area contributed by atoms with Crippen LogP contribution in [-0.4, -0.2) is 11.0 Å². The number of hydrogen-bond donors (Lipinski definition) is 2. The van der Waals surface area contributed by atoms with Gasteiger partial charge in [-0.2, -0.15) is 13.2 Å². The number of anilines is 2. The molecule has 2 rings (SSSR count). The van der Waals surface area contributed by atoms with Gasteiger partial charge in [0.1, 0.15) is 0 Å². The summed E-state index contributed by atoms with van der Waals surface area (Å²) in [6.45, 7) is 0. The lowest BCUT2D eigenvalue weighted by Crippen LogP contribution is -2.20. The highest BCUT2D eigenvalue weighted by molar-refractivity contribution is 9.10. The van der Waals surface area contributed by atoms with Gasteiger partial charge in [0.2, 0.25) is 0 Å². The van der Waals surface area contributed by atoms with Gasteiger partial charge in [-0.1, -0.05) is 6.07 Å². The Morgan fingerprint density at radius 3 is 2.62 bits per heavy atom. The van der Waals surface area contributed by atoms with Gasteiger partial charge < -0.3 is 10.6 Å². The zero-order valence-electron chi connectivity index (χ0n) is 10.4. The Hall–Kier alpha value is -2.09. The van der Waals surface area contributed by atoms with Gasteiger partial charge in [0.25, 0.3) is 0 Å². The van der Waals surface area contributed by atoms with Gasteiger partial charge in [-0.3, -0.25) is 4.98 Å². The van der Waals surface area contributed by atoms with Gasteiger partial charge in [0.15, 0.2) is 0 Å². The van der Waals surface area contributed by atoms with Crippen LogP contribution in [0.15, 0.2) is 47.2 Å². The summed E-state index contributed by atoms with van der Waals surface area (Å²) in [5.74, 6) is 0. The molecule has 0 spiro atoms. The molecule has 0 bridgehead atoms. The first kappa shape index (κ1) is 15.3. The van der Waals surface area contributed by atoms with Crippen LogP contribution in [0.2, 0.25) is 0 Å². The van der Waals surface area contributed by atoms with Crippen LogP contribution in [0, 0.1) is 0 Å². The zero-order chi connectivity index (χ0) is 15.5. The molecule has 0 atom stereocenters. The van der Waals surface area contributed by atoms with Crippen molar-refractivity contribution in [3.05, 3.63) is 52.8 Å². The molecule has 2 N–H and O–H groups in total. The minimum absolute atomic E-state index is 0.0486. The minimum atomic E-state index is -4.46. The molecule has 21 heavy (non-hydrogen) atoms. The summed E-state index contributed by atoms with van der Waals surface area (Å²) in [7, 11) is 0. The van der Waals surface area contributed by atoms with Gasteiger partial charge in [0.05, 0.1) is 15.7 Å². The molecule has 0 saturated heterocycles. The van der Waals surface area contributed by atoms with E-state index in [1.165, 1.54) is 24.5 Å². The molecule has 0 saturated carbocycles. The summed E-state index contributed by atoms with van der Waals surface area (Å²) in [5, 5.41) is 4.84. The molecular weight excluding hydrogens is 351 g/mol. The summed E-state index contributed by atoms with van der Waals surface area (Å²) < 4.78 is 38.3. The number of pyridine rings is 1. The number of nitrogens with one attached hydrogen (secondary N) is 2. The maximum Gasteiger partial charge on any atom is 0.416 e. The molecule has 110 valence electrons. The van der Waals surface area contributed by atoms with Gasteiger partial charge in [-0.15, -0.1) is 0 Å². The van der Waals surface area contributed by atoms with E-state index >= 15 is 0 Å². The Morgan fingerprint density at radius 1 is 1.19 bits per heavy atom. The number of alkyl halides is 3. The van der Waals surface area contributed by atoms with Crippen molar-refractivity contribution in [2.24, 2.45) is 0 Å². The average molecular weight is 360 g/mol. The summed E-state index contributed by atoms with van der Waals surface area (Å²) in [5.41, 5.74) is -0.327. The molecule has 1 aromatic heterocycles. The maximum atomic E-state index is 12.6. The Kier molecular flexibility index (Phi) is 4.46. The van der Waals surface area contributed by atoms with E-state index < -0.39 is 17.8 Å². The molecule has 8 heteroatoms. The lowest BCUT2D eigenvalue weighted by molar-refractivity contribution is -0.137. The smallest absolute Gasteiger partial charge is 0.308 e. The predicted octanol–water partition coefficient (Wildman–Crippen LogP) is 4.51. The fraction of sp³-hybridized carbons (Fsp3) is 0.0769. The van der Waals surface area contributed by atoms with E-state index in [-0.39, 0.29) is 5.69 Å². The van der Waals surface area contributed by atoms with Crippen LogP contribution >= 0.6 is 15.9 Å². The molecule has 0 aliphatic heterocycles. The molecule has 0 unspecified atom stereocenters. The van der Waals surface area contributed by atoms with Crippen molar-refractivity contribution in [3.63, 3.8) is 0 Å². The molecular formula is C13H9BrF3N3O. The van der Waals surface area contributed by atoms with Crippen LogP contribution in [-0.2, 0) is 6.18 Å². The van der Waals surface area contributed by atoms with Gasteiger partial charge in [-0.05, 0) is 40.2 Å². The number of halogens is 4. The van der Waals surface area contributed by atoms with Crippen LogP contribution in [0.25, 0.3) is 0 Å². The third-order valence-corrected chi connectivity index (χ3v) is 3.10. The summed E-state index contributed by atoms with van der Waals surface area (Å²) >= 11 is 3.19. The number of nitrogens with zero attached hydrogens (tertiary/aromatic N) is 1. The third kappa shape index (κ3) is 4.19.